The lowest BCUT2D eigenvalue weighted by atomic mass is 10.3. The minimum atomic E-state index is 0.683. The maximum absolute atomic E-state index is 5.29. The van der Waals surface area contributed by atoms with Crippen LogP contribution >= 0.6 is 0 Å². The highest BCUT2D eigenvalue weighted by molar-refractivity contribution is 5.53. The number of rotatable bonds is 3. The van der Waals surface area contributed by atoms with E-state index < -0.39 is 0 Å². The summed E-state index contributed by atoms with van der Waals surface area (Å²) in [4.78, 5) is 8.32. The van der Waals surface area contributed by atoms with Gasteiger partial charge in [0.1, 0.15) is 11.4 Å². The molecule has 2 rings (SSSR count). The molecule has 2 aromatic heterocycles. The molecule has 0 saturated heterocycles. The van der Waals surface area contributed by atoms with Crippen LogP contribution in [0, 0.1) is 0 Å². The first-order valence-corrected chi connectivity index (χ1v) is 4.36. The van der Waals surface area contributed by atoms with Crippen molar-refractivity contribution in [1.29, 1.82) is 0 Å². The summed E-state index contributed by atoms with van der Waals surface area (Å²) in [5.41, 5.74) is 1.70. The summed E-state index contributed by atoms with van der Waals surface area (Å²) in [6.45, 7) is 0.683. The molecule has 0 aromatic carbocycles. The van der Waals surface area contributed by atoms with Crippen molar-refractivity contribution in [1.82, 2.24) is 19.9 Å². The van der Waals surface area contributed by atoms with Gasteiger partial charge in [-0.05, 0) is 7.05 Å². The summed E-state index contributed by atoms with van der Waals surface area (Å²) in [7, 11) is 3.79. The molecule has 5 nitrogen and oxygen atoms in total. The fourth-order valence-electron chi connectivity index (χ4n) is 1.30. The Kier molecular flexibility index (Phi) is 2.32. The third-order valence-corrected chi connectivity index (χ3v) is 1.92. The molecule has 1 N–H and O–H groups in total. The van der Waals surface area contributed by atoms with Gasteiger partial charge in [-0.1, -0.05) is 0 Å². The van der Waals surface area contributed by atoms with Gasteiger partial charge in [0.15, 0.2) is 12.2 Å². The Morgan fingerprint density at radius 2 is 2.36 bits per heavy atom. The van der Waals surface area contributed by atoms with Crippen LogP contribution < -0.4 is 5.32 Å². The van der Waals surface area contributed by atoms with E-state index in [2.05, 4.69) is 15.3 Å². The topological polar surface area (TPSA) is 55.9 Å². The van der Waals surface area contributed by atoms with Gasteiger partial charge in [-0.15, -0.1) is 0 Å². The van der Waals surface area contributed by atoms with Crippen molar-refractivity contribution in [3.8, 4) is 11.5 Å². The molecule has 0 unspecified atom stereocenters. The minimum Gasteiger partial charge on any atom is -0.441 e. The SMILES string of the molecule is CNCc1ncoc1-c1cn(C)cn1. The number of imidazole rings is 1. The number of aryl methyl sites for hydroxylation is 1. The molecule has 2 aromatic rings. The molecule has 0 saturated carbocycles. The van der Waals surface area contributed by atoms with Crippen molar-refractivity contribution in [2.45, 2.75) is 6.54 Å². The molecular formula is C9H12N4O. The lowest BCUT2D eigenvalue weighted by molar-refractivity contribution is 0.568. The van der Waals surface area contributed by atoms with Crippen LogP contribution in [0.4, 0.5) is 0 Å². The van der Waals surface area contributed by atoms with Crippen molar-refractivity contribution in [2.24, 2.45) is 7.05 Å². The zero-order valence-electron chi connectivity index (χ0n) is 8.19. The Morgan fingerprint density at radius 3 is 3.00 bits per heavy atom. The van der Waals surface area contributed by atoms with E-state index in [4.69, 9.17) is 4.42 Å². The lowest BCUT2D eigenvalue weighted by Gasteiger charge is -1.95. The van der Waals surface area contributed by atoms with Crippen LogP contribution in [-0.4, -0.2) is 21.6 Å². The van der Waals surface area contributed by atoms with E-state index in [1.807, 2.05) is 24.9 Å². The van der Waals surface area contributed by atoms with Crippen molar-refractivity contribution < 1.29 is 4.42 Å². The van der Waals surface area contributed by atoms with Gasteiger partial charge in [0.05, 0.1) is 6.33 Å². The van der Waals surface area contributed by atoms with E-state index in [0.29, 0.717) is 6.54 Å². The van der Waals surface area contributed by atoms with Crippen molar-refractivity contribution in [3.63, 3.8) is 0 Å². The molecule has 2 heterocycles. The Morgan fingerprint density at radius 1 is 1.50 bits per heavy atom. The minimum absolute atomic E-state index is 0.683. The molecule has 0 aliphatic carbocycles. The molecule has 0 amide bonds. The monoisotopic (exact) mass is 192 g/mol. The van der Waals surface area contributed by atoms with Gasteiger partial charge in [-0.3, -0.25) is 0 Å². The molecule has 0 spiro atoms. The van der Waals surface area contributed by atoms with Gasteiger partial charge in [0, 0.05) is 19.8 Å². The van der Waals surface area contributed by atoms with Gasteiger partial charge in [0.25, 0.3) is 0 Å². The Balaban J connectivity index is 2.36. The van der Waals surface area contributed by atoms with Gasteiger partial charge < -0.3 is 14.3 Å². The van der Waals surface area contributed by atoms with Crippen LogP contribution in [0.5, 0.6) is 0 Å². The summed E-state index contributed by atoms with van der Waals surface area (Å²) in [5, 5.41) is 3.03. The van der Waals surface area contributed by atoms with E-state index in [-0.39, 0.29) is 0 Å². The van der Waals surface area contributed by atoms with Crippen LogP contribution in [0.25, 0.3) is 11.5 Å². The Hall–Kier alpha value is -1.62. The summed E-state index contributed by atoms with van der Waals surface area (Å²) in [6, 6.07) is 0. The van der Waals surface area contributed by atoms with E-state index in [1.54, 1.807) is 6.33 Å². The second kappa shape index (κ2) is 3.63. The Bertz CT molecular complexity index is 418. The summed E-state index contributed by atoms with van der Waals surface area (Å²) in [5.74, 6) is 0.736. The van der Waals surface area contributed by atoms with Crippen molar-refractivity contribution in [2.75, 3.05) is 7.05 Å². The predicted molar refractivity (Wildman–Crippen MR) is 51.5 cm³/mol. The average molecular weight is 192 g/mol. The van der Waals surface area contributed by atoms with Crippen LogP contribution in [0.1, 0.15) is 5.69 Å². The van der Waals surface area contributed by atoms with Crippen molar-refractivity contribution in [3.05, 3.63) is 24.6 Å². The molecule has 0 fully saturated rings. The number of nitrogens with zero attached hydrogens (tertiary/aromatic N) is 3. The number of aromatic nitrogens is 3. The van der Waals surface area contributed by atoms with Gasteiger partial charge in [0.2, 0.25) is 0 Å². The maximum atomic E-state index is 5.29. The summed E-state index contributed by atoms with van der Waals surface area (Å²) >= 11 is 0. The largest absolute Gasteiger partial charge is 0.441 e. The number of nitrogens with one attached hydrogen (secondary N) is 1. The van der Waals surface area contributed by atoms with Crippen LogP contribution in [-0.2, 0) is 13.6 Å². The van der Waals surface area contributed by atoms with Crippen LogP contribution in [0.3, 0.4) is 0 Å². The Labute approximate surface area is 81.8 Å². The van der Waals surface area contributed by atoms with E-state index in [9.17, 15) is 0 Å². The predicted octanol–water partition coefficient (Wildman–Crippen LogP) is 0.794. The highest BCUT2D eigenvalue weighted by Gasteiger charge is 2.11. The summed E-state index contributed by atoms with van der Waals surface area (Å²) < 4.78 is 7.17. The highest BCUT2D eigenvalue weighted by atomic mass is 16.3. The van der Waals surface area contributed by atoms with E-state index in [0.717, 1.165) is 17.1 Å². The smallest absolute Gasteiger partial charge is 0.181 e. The second-order valence-corrected chi connectivity index (χ2v) is 3.08. The number of hydrogen-bond donors (Lipinski definition) is 1. The van der Waals surface area contributed by atoms with Gasteiger partial charge in [-0.25, -0.2) is 9.97 Å². The fraction of sp³-hybridized carbons (Fsp3) is 0.333. The van der Waals surface area contributed by atoms with Gasteiger partial charge in [-0.2, -0.15) is 0 Å². The normalized spacial score (nSPS) is 10.7. The first-order valence-electron chi connectivity index (χ1n) is 4.36. The fourth-order valence-corrected chi connectivity index (χ4v) is 1.30. The third kappa shape index (κ3) is 1.54. The van der Waals surface area contributed by atoms with Crippen molar-refractivity contribution >= 4 is 0 Å². The first kappa shape index (κ1) is 8.96. The third-order valence-electron chi connectivity index (χ3n) is 1.92. The first-order chi connectivity index (χ1) is 6.81. The zero-order valence-corrected chi connectivity index (χ0v) is 8.19. The quantitative estimate of drug-likeness (QED) is 0.781. The molecule has 74 valence electrons. The molecule has 5 heteroatoms. The molecule has 0 aliphatic rings. The van der Waals surface area contributed by atoms with E-state index in [1.165, 1.54) is 6.39 Å². The van der Waals surface area contributed by atoms with E-state index >= 15 is 0 Å². The second-order valence-electron chi connectivity index (χ2n) is 3.08. The van der Waals surface area contributed by atoms with Gasteiger partial charge >= 0.3 is 0 Å². The number of hydrogen-bond acceptors (Lipinski definition) is 4. The zero-order chi connectivity index (χ0) is 9.97. The standard InChI is InChI=1S/C9H12N4O/c1-10-3-7-9(14-6-12-7)8-4-13(2)5-11-8/h4-6,10H,3H2,1-2H3. The molecule has 0 radical (unpaired) electrons. The van der Waals surface area contributed by atoms with Crippen LogP contribution in [0.15, 0.2) is 23.3 Å². The molecular weight excluding hydrogens is 180 g/mol. The summed E-state index contributed by atoms with van der Waals surface area (Å²) in [6.07, 6.45) is 5.08. The lowest BCUT2D eigenvalue weighted by Crippen LogP contribution is -2.06. The number of oxazole rings is 1. The average Bonchev–Trinajstić information content (AvgIpc) is 2.74. The molecule has 0 bridgehead atoms. The molecule has 0 atom stereocenters. The maximum Gasteiger partial charge on any atom is 0.181 e. The van der Waals surface area contributed by atoms with Crippen LogP contribution in [0.2, 0.25) is 0 Å². The molecule has 14 heavy (non-hydrogen) atoms. The molecule has 0 aliphatic heterocycles. The highest BCUT2D eigenvalue weighted by Crippen LogP contribution is 2.20.